The monoisotopic (exact) mass is 391 g/mol. The Morgan fingerprint density at radius 2 is 1.97 bits per heavy atom. The number of aromatic nitrogens is 3. The number of anilines is 1. The number of ether oxygens (including phenoxy) is 1. The van der Waals surface area contributed by atoms with Crippen LogP contribution in [0, 0.1) is 25.2 Å². The second-order valence-electron chi connectivity index (χ2n) is 6.58. The average molecular weight is 391 g/mol. The number of amides is 1. The summed E-state index contributed by atoms with van der Waals surface area (Å²) in [5.74, 6) is -1.01. The normalized spacial score (nSPS) is 10.6. The van der Waals surface area contributed by atoms with E-state index in [4.69, 9.17) is 10.00 Å². The van der Waals surface area contributed by atoms with E-state index in [0.29, 0.717) is 33.7 Å². The van der Waals surface area contributed by atoms with Gasteiger partial charge in [-0.25, -0.2) is 9.78 Å². The second-order valence-corrected chi connectivity index (χ2v) is 6.58. The van der Waals surface area contributed by atoms with Crippen LogP contribution in [0.4, 0.5) is 5.69 Å². The van der Waals surface area contributed by atoms with Gasteiger partial charge in [-0.15, -0.1) is 0 Å². The molecule has 0 aliphatic carbocycles. The van der Waals surface area contributed by atoms with Crippen molar-refractivity contribution in [2.75, 3.05) is 18.1 Å². The van der Waals surface area contributed by atoms with Crippen molar-refractivity contribution >= 4 is 28.6 Å². The number of carbonyl (C=O) groups is 2. The summed E-state index contributed by atoms with van der Waals surface area (Å²) in [6, 6.07) is 12.6. The van der Waals surface area contributed by atoms with Gasteiger partial charge in [-0.05, 0) is 32.0 Å². The Hall–Kier alpha value is -3.73. The molecule has 0 fully saturated rings. The molecule has 0 N–H and O–H groups in total. The molecule has 0 bridgehead atoms. The van der Waals surface area contributed by atoms with Crippen molar-refractivity contribution in [3.63, 3.8) is 0 Å². The van der Waals surface area contributed by atoms with Gasteiger partial charge < -0.3 is 9.64 Å². The molecule has 1 amide bonds. The highest BCUT2D eigenvalue weighted by Gasteiger charge is 2.22. The summed E-state index contributed by atoms with van der Waals surface area (Å²) in [4.78, 5) is 31.3. The Morgan fingerprint density at radius 3 is 2.66 bits per heavy atom. The lowest BCUT2D eigenvalue weighted by molar-refractivity contribution is -0.121. The highest BCUT2D eigenvalue weighted by molar-refractivity contribution is 6.05. The van der Waals surface area contributed by atoms with E-state index in [1.54, 1.807) is 55.9 Å². The van der Waals surface area contributed by atoms with E-state index in [1.165, 1.54) is 4.90 Å². The lowest BCUT2D eigenvalue weighted by Crippen LogP contribution is -2.35. The Balaban J connectivity index is 1.80. The van der Waals surface area contributed by atoms with Crippen LogP contribution in [0.25, 0.3) is 11.0 Å². The fraction of sp³-hybridized carbons (Fsp3) is 0.286. The number of esters is 1. The second kappa shape index (κ2) is 8.52. The minimum absolute atomic E-state index is 0.174. The number of rotatable bonds is 6. The number of carbonyl (C=O) groups excluding carboxylic acids is 2. The number of nitrogens with zero attached hydrogens (tertiary/aromatic N) is 5. The minimum Gasteiger partial charge on any atom is -0.452 e. The van der Waals surface area contributed by atoms with Crippen LogP contribution in [-0.4, -0.2) is 39.8 Å². The molecule has 3 aromatic rings. The molecular weight excluding hydrogens is 370 g/mol. The van der Waals surface area contributed by atoms with E-state index in [-0.39, 0.29) is 13.0 Å². The van der Waals surface area contributed by atoms with Gasteiger partial charge in [-0.1, -0.05) is 18.2 Å². The van der Waals surface area contributed by atoms with Crippen LogP contribution >= 0.6 is 0 Å². The maximum Gasteiger partial charge on any atom is 0.339 e. The summed E-state index contributed by atoms with van der Waals surface area (Å²) in [6.07, 6.45) is 0.174. The molecule has 0 atom stereocenters. The van der Waals surface area contributed by atoms with Crippen molar-refractivity contribution in [1.82, 2.24) is 14.8 Å². The van der Waals surface area contributed by atoms with Gasteiger partial charge in [-0.3, -0.25) is 9.48 Å². The van der Waals surface area contributed by atoms with E-state index in [0.717, 1.165) is 0 Å². The van der Waals surface area contributed by atoms with Crippen LogP contribution in [0.15, 0.2) is 36.4 Å². The van der Waals surface area contributed by atoms with Gasteiger partial charge in [0.25, 0.3) is 5.91 Å². The van der Waals surface area contributed by atoms with Crippen LogP contribution < -0.4 is 4.90 Å². The third-order valence-corrected chi connectivity index (χ3v) is 4.46. The van der Waals surface area contributed by atoms with Gasteiger partial charge >= 0.3 is 5.97 Å². The number of hydrogen-bond acceptors (Lipinski definition) is 6. The molecule has 0 aliphatic rings. The molecule has 0 saturated carbocycles. The highest BCUT2D eigenvalue weighted by Crippen LogP contribution is 2.22. The summed E-state index contributed by atoms with van der Waals surface area (Å²) >= 11 is 0. The Kier molecular flexibility index (Phi) is 5.88. The van der Waals surface area contributed by atoms with Crippen LogP contribution in [0.1, 0.15) is 28.2 Å². The van der Waals surface area contributed by atoms with Crippen LogP contribution in [-0.2, 0) is 16.6 Å². The molecule has 2 heterocycles. The molecule has 8 nitrogen and oxygen atoms in total. The predicted molar refractivity (Wildman–Crippen MR) is 107 cm³/mol. The first-order valence-electron chi connectivity index (χ1n) is 9.12. The fourth-order valence-corrected chi connectivity index (χ4v) is 3.18. The zero-order valence-electron chi connectivity index (χ0n) is 16.5. The fourth-order valence-electron chi connectivity index (χ4n) is 3.18. The smallest absolute Gasteiger partial charge is 0.339 e. The van der Waals surface area contributed by atoms with E-state index in [9.17, 15) is 9.59 Å². The number of pyridine rings is 1. The Bertz CT molecular complexity index is 1100. The summed E-state index contributed by atoms with van der Waals surface area (Å²) in [5.41, 5.74) is 2.87. The maximum atomic E-state index is 12.7. The molecule has 8 heteroatoms. The third kappa shape index (κ3) is 4.24. The van der Waals surface area contributed by atoms with Gasteiger partial charge in [0, 0.05) is 25.0 Å². The Morgan fingerprint density at radius 1 is 1.24 bits per heavy atom. The molecule has 1 aromatic carbocycles. The molecule has 0 unspecified atom stereocenters. The number of hydrogen-bond donors (Lipinski definition) is 0. The van der Waals surface area contributed by atoms with Crippen molar-refractivity contribution in [2.24, 2.45) is 7.05 Å². The SMILES string of the molecule is Cc1cc(C(=O)OCC(=O)N(CCC#N)c2ccccc2)c2c(C)nn(C)c2n1. The van der Waals surface area contributed by atoms with Gasteiger partial charge in [0.15, 0.2) is 12.3 Å². The first kappa shape index (κ1) is 20.0. The van der Waals surface area contributed by atoms with Gasteiger partial charge in [0.05, 0.1) is 29.1 Å². The molecular formula is C21H21N5O3. The number of benzene rings is 1. The highest BCUT2D eigenvalue weighted by atomic mass is 16.5. The number of aryl methyl sites for hydroxylation is 3. The van der Waals surface area contributed by atoms with Crippen LogP contribution in [0.5, 0.6) is 0 Å². The summed E-state index contributed by atoms with van der Waals surface area (Å²) in [7, 11) is 1.76. The quantitative estimate of drug-likeness (QED) is 0.599. The first-order valence-corrected chi connectivity index (χ1v) is 9.12. The maximum absolute atomic E-state index is 12.7. The predicted octanol–water partition coefficient (Wildman–Crippen LogP) is 2.69. The zero-order valence-corrected chi connectivity index (χ0v) is 16.5. The van der Waals surface area contributed by atoms with E-state index in [2.05, 4.69) is 10.1 Å². The topological polar surface area (TPSA) is 101 Å². The van der Waals surface area contributed by atoms with Gasteiger partial charge in [0.1, 0.15) is 0 Å². The largest absolute Gasteiger partial charge is 0.452 e. The number of para-hydroxylation sites is 1. The average Bonchev–Trinajstić information content (AvgIpc) is 3.00. The molecule has 0 saturated heterocycles. The lowest BCUT2D eigenvalue weighted by atomic mass is 10.1. The van der Waals surface area contributed by atoms with Crippen LogP contribution in [0.3, 0.4) is 0 Å². The number of fused-ring (bicyclic) bond motifs is 1. The number of nitriles is 1. The molecule has 2 aromatic heterocycles. The van der Waals surface area contributed by atoms with E-state index >= 15 is 0 Å². The summed E-state index contributed by atoms with van der Waals surface area (Å²) in [5, 5.41) is 13.8. The van der Waals surface area contributed by atoms with Crippen LogP contribution in [0.2, 0.25) is 0 Å². The molecule has 0 aliphatic heterocycles. The molecule has 29 heavy (non-hydrogen) atoms. The zero-order chi connectivity index (χ0) is 21.0. The molecule has 148 valence electrons. The van der Waals surface area contributed by atoms with Crippen molar-refractivity contribution in [2.45, 2.75) is 20.3 Å². The van der Waals surface area contributed by atoms with Crippen molar-refractivity contribution in [3.05, 3.63) is 53.3 Å². The first-order chi connectivity index (χ1) is 13.9. The van der Waals surface area contributed by atoms with E-state index < -0.39 is 18.5 Å². The summed E-state index contributed by atoms with van der Waals surface area (Å²) in [6.45, 7) is 3.36. The van der Waals surface area contributed by atoms with Crippen molar-refractivity contribution in [3.8, 4) is 6.07 Å². The molecule has 3 rings (SSSR count). The standard InChI is InChI=1S/C21H21N5O3/c1-14-12-17(19-15(2)24-25(3)20(19)23-14)21(28)29-13-18(27)26(11-7-10-22)16-8-5-4-6-9-16/h4-6,8-9,12H,7,11,13H2,1-3H3. The molecule has 0 spiro atoms. The van der Waals surface area contributed by atoms with Crippen molar-refractivity contribution < 1.29 is 14.3 Å². The van der Waals surface area contributed by atoms with E-state index in [1.807, 2.05) is 12.1 Å². The van der Waals surface area contributed by atoms with Crippen molar-refractivity contribution in [1.29, 1.82) is 5.26 Å². The Labute approximate surface area is 168 Å². The van der Waals surface area contributed by atoms with Gasteiger partial charge in [-0.2, -0.15) is 10.4 Å². The van der Waals surface area contributed by atoms with Gasteiger partial charge in [0.2, 0.25) is 0 Å². The summed E-state index contributed by atoms with van der Waals surface area (Å²) < 4.78 is 6.93. The molecule has 0 radical (unpaired) electrons. The lowest BCUT2D eigenvalue weighted by Gasteiger charge is -2.21. The third-order valence-electron chi connectivity index (χ3n) is 4.46. The minimum atomic E-state index is -0.613.